The summed E-state index contributed by atoms with van der Waals surface area (Å²) < 4.78 is 41.5. The highest BCUT2D eigenvalue weighted by atomic mass is 32.2. The molecule has 0 aliphatic heterocycles. The van der Waals surface area contributed by atoms with Crippen molar-refractivity contribution < 1.29 is 12.8 Å². The summed E-state index contributed by atoms with van der Waals surface area (Å²) in [4.78, 5) is -0.0951. The van der Waals surface area contributed by atoms with Crippen molar-refractivity contribution in [1.82, 2.24) is 9.78 Å². The summed E-state index contributed by atoms with van der Waals surface area (Å²) in [6.45, 7) is 1.87. The van der Waals surface area contributed by atoms with E-state index < -0.39 is 15.8 Å². The summed E-state index contributed by atoms with van der Waals surface area (Å²) in [6, 6.07) is 3.27. The Morgan fingerprint density at radius 2 is 2.15 bits per heavy atom. The predicted molar refractivity (Wildman–Crippen MR) is 74.2 cm³/mol. The highest BCUT2D eigenvalue weighted by Gasteiger charge is 2.18. The number of halogens is 1. The minimum atomic E-state index is -3.82. The topological polar surface area (TPSA) is 90.0 Å². The molecular formula is C12H15FN4O2S. The second-order valence-electron chi connectivity index (χ2n) is 4.31. The Bertz CT molecular complexity index is 740. The van der Waals surface area contributed by atoms with Crippen molar-refractivity contribution in [3.8, 4) is 0 Å². The number of hydrogen-bond donors (Lipinski definition) is 2. The van der Waals surface area contributed by atoms with E-state index in [-0.39, 0.29) is 10.6 Å². The molecule has 0 saturated carbocycles. The van der Waals surface area contributed by atoms with Gasteiger partial charge in [0.05, 0.1) is 22.0 Å². The van der Waals surface area contributed by atoms with Crippen LogP contribution in [0.4, 0.5) is 15.8 Å². The molecule has 0 aliphatic carbocycles. The van der Waals surface area contributed by atoms with Gasteiger partial charge < -0.3 is 5.73 Å². The maximum Gasteiger partial charge on any atom is 0.262 e. The van der Waals surface area contributed by atoms with Crippen LogP contribution in [-0.2, 0) is 23.5 Å². The predicted octanol–water partition coefficient (Wildman–Crippen LogP) is 1.50. The van der Waals surface area contributed by atoms with Crippen LogP contribution >= 0.6 is 0 Å². The molecule has 0 amide bonds. The van der Waals surface area contributed by atoms with E-state index in [9.17, 15) is 12.8 Å². The Kier molecular flexibility index (Phi) is 3.67. The number of aromatic nitrogens is 2. The van der Waals surface area contributed by atoms with Crippen LogP contribution in [-0.4, -0.2) is 18.2 Å². The maximum atomic E-state index is 13.1. The van der Waals surface area contributed by atoms with Crippen molar-refractivity contribution in [3.63, 3.8) is 0 Å². The number of aryl methyl sites for hydroxylation is 2. The summed E-state index contributed by atoms with van der Waals surface area (Å²) in [6.07, 6.45) is 2.16. The molecule has 1 heterocycles. The van der Waals surface area contributed by atoms with Gasteiger partial charge in [-0.2, -0.15) is 5.10 Å². The van der Waals surface area contributed by atoms with Crippen molar-refractivity contribution in [3.05, 3.63) is 35.9 Å². The number of rotatable bonds is 4. The first-order valence-electron chi connectivity index (χ1n) is 5.94. The highest BCUT2D eigenvalue weighted by molar-refractivity contribution is 7.92. The molecule has 6 nitrogen and oxygen atoms in total. The third-order valence-corrected chi connectivity index (χ3v) is 4.13. The van der Waals surface area contributed by atoms with Crippen LogP contribution in [0.25, 0.3) is 0 Å². The smallest absolute Gasteiger partial charge is 0.262 e. The number of anilines is 2. The average Bonchev–Trinajstić information content (AvgIpc) is 2.72. The molecule has 1 aromatic carbocycles. The second kappa shape index (κ2) is 5.12. The standard InChI is InChI=1S/C12H15FN4O2S/c1-3-11-12(7-17(2)15-11)16-20(18,19)8-4-5-9(13)10(14)6-8/h4-7,16H,3,14H2,1-2H3. The van der Waals surface area contributed by atoms with E-state index in [1.54, 1.807) is 13.2 Å². The third kappa shape index (κ3) is 2.74. The molecule has 20 heavy (non-hydrogen) atoms. The fourth-order valence-corrected chi connectivity index (χ4v) is 2.88. The third-order valence-electron chi connectivity index (χ3n) is 2.76. The number of benzene rings is 1. The molecule has 108 valence electrons. The molecule has 0 spiro atoms. The molecule has 0 fully saturated rings. The van der Waals surface area contributed by atoms with Gasteiger partial charge in [0.15, 0.2) is 0 Å². The summed E-state index contributed by atoms with van der Waals surface area (Å²) in [7, 11) is -2.12. The first-order valence-corrected chi connectivity index (χ1v) is 7.42. The first-order chi connectivity index (χ1) is 9.33. The number of nitrogens with two attached hydrogens (primary N) is 1. The largest absolute Gasteiger partial charge is 0.396 e. The molecular weight excluding hydrogens is 283 g/mol. The van der Waals surface area contributed by atoms with Gasteiger partial charge in [-0.25, -0.2) is 12.8 Å². The highest BCUT2D eigenvalue weighted by Crippen LogP contribution is 2.22. The monoisotopic (exact) mass is 298 g/mol. The SMILES string of the molecule is CCc1nn(C)cc1NS(=O)(=O)c1ccc(F)c(N)c1. The summed E-state index contributed by atoms with van der Waals surface area (Å²) in [5, 5.41) is 4.14. The van der Waals surface area contributed by atoms with Gasteiger partial charge in [-0.1, -0.05) is 6.92 Å². The van der Waals surface area contributed by atoms with Crippen molar-refractivity contribution in [2.75, 3.05) is 10.5 Å². The van der Waals surface area contributed by atoms with Gasteiger partial charge in [-0.05, 0) is 24.6 Å². The lowest BCUT2D eigenvalue weighted by Crippen LogP contribution is -2.14. The van der Waals surface area contributed by atoms with E-state index in [1.165, 1.54) is 4.68 Å². The molecule has 0 aliphatic rings. The zero-order valence-corrected chi connectivity index (χ0v) is 11.9. The van der Waals surface area contributed by atoms with Gasteiger partial charge in [-0.3, -0.25) is 9.40 Å². The molecule has 0 atom stereocenters. The van der Waals surface area contributed by atoms with E-state index in [2.05, 4.69) is 9.82 Å². The van der Waals surface area contributed by atoms with Crippen LogP contribution < -0.4 is 10.5 Å². The Hall–Kier alpha value is -2.09. The van der Waals surface area contributed by atoms with Gasteiger partial charge >= 0.3 is 0 Å². The van der Waals surface area contributed by atoms with Gasteiger partial charge in [0.2, 0.25) is 0 Å². The van der Waals surface area contributed by atoms with Gasteiger partial charge in [-0.15, -0.1) is 0 Å². The maximum absolute atomic E-state index is 13.1. The van der Waals surface area contributed by atoms with E-state index in [0.717, 1.165) is 18.2 Å². The average molecular weight is 298 g/mol. The second-order valence-corrected chi connectivity index (χ2v) is 5.99. The Morgan fingerprint density at radius 3 is 2.75 bits per heavy atom. The van der Waals surface area contributed by atoms with Gasteiger partial charge in [0, 0.05) is 13.2 Å². The molecule has 3 N–H and O–H groups in total. The molecule has 0 bridgehead atoms. The zero-order chi connectivity index (χ0) is 14.9. The minimum absolute atomic E-state index is 0.0951. The van der Waals surface area contributed by atoms with E-state index in [0.29, 0.717) is 17.8 Å². The quantitative estimate of drug-likeness (QED) is 0.837. The lowest BCUT2D eigenvalue weighted by Gasteiger charge is -2.08. The van der Waals surface area contributed by atoms with Crippen LogP contribution in [0, 0.1) is 5.82 Å². The van der Waals surface area contributed by atoms with Gasteiger partial charge in [0.1, 0.15) is 5.82 Å². The Labute approximate surface area is 116 Å². The molecule has 8 heteroatoms. The van der Waals surface area contributed by atoms with Crippen LogP contribution in [0.15, 0.2) is 29.3 Å². The zero-order valence-electron chi connectivity index (χ0n) is 11.1. The molecule has 0 saturated heterocycles. The van der Waals surface area contributed by atoms with E-state index in [4.69, 9.17) is 5.73 Å². The van der Waals surface area contributed by atoms with Crippen LogP contribution in [0.1, 0.15) is 12.6 Å². The summed E-state index contributed by atoms with van der Waals surface area (Å²) in [5.74, 6) is -0.653. The summed E-state index contributed by atoms with van der Waals surface area (Å²) in [5.41, 5.74) is 6.21. The number of nitrogen functional groups attached to an aromatic ring is 1. The number of hydrogen-bond acceptors (Lipinski definition) is 4. The Morgan fingerprint density at radius 1 is 1.45 bits per heavy atom. The Balaban J connectivity index is 2.37. The first kappa shape index (κ1) is 14.3. The fraction of sp³-hybridized carbons (Fsp3) is 0.250. The molecule has 1 aromatic heterocycles. The van der Waals surface area contributed by atoms with E-state index >= 15 is 0 Å². The van der Waals surface area contributed by atoms with Crippen molar-refractivity contribution in [2.24, 2.45) is 7.05 Å². The number of sulfonamides is 1. The molecule has 2 rings (SSSR count). The molecule has 0 unspecified atom stereocenters. The number of nitrogens with zero attached hydrogens (tertiary/aromatic N) is 2. The minimum Gasteiger partial charge on any atom is -0.396 e. The van der Waals surface area contributed by atoms with Crippen molar-refractivity contribution in [1.29, 1.82) is 0 Å². The lowest BCUT2D eigenvalue weighted by molar-refractivity contribution is 0.600. The van der Waals surface area contributed by atoms with E-state index in [1.807, 2.05) is 6.92 Å². The van der Waals surface area contributed by atoms with Crippen molar-refractivity contribution in [2.45, 2.75) is 18.2 Å². The molecule has 2 aromatic rings. The van der Waals surface area contributed by atoms with Crippen molar-refractivity contribution >= 4 is 21.4 Å². The molecule has 0 radical (unpaired) electrons. The van der Waals surface area contributed by atoms with Gasteiger partial charge in [0.25, 0.3) is 10.0 Å². The fourth-order valence-electron chi connectivity index (χ4n) is 1.77. The van der Waals surface area contributed by atoms with Crippen LogP contribution in [0.5, 0.6) is 0 Å². The van der Waals surface area contributed by atoms with Crippen LogP contribution in [0.3, 0.4) is 0 Å². The lowest BCUT2D eigenvalue weighted by atomic mass is 10.3. The normalized spacial score (nSPS) is 11.6. The van der Waals surface area contributed by atoms with Crippen LogP contribution in [0.2, 0.25) is 0 Å². The summed E-state index contributed by atoms with van der Waals surface area (Å²) >= 11 is 0. The number of nitrogens with one attached hydrogen (secondary N) is 1.